The summed E-state index contributed by atoms with van der Waals surface area (Å²) < 4.78 is 34.5. The molecule has 0 aliphatic carbocycles. The maximum atomic E-state index is 13.5. The van der Waals surface area contributed by atoms with Crippen LogP contribution in [0, 0.1) is 0 Å². The maximum absolute atomic E-state index is 13.5. The largest absolute Gasteiger partial charge is 0.426 e. The van der Waals surface area contributed by atoms with Gasteiger partial charge in [0.25, 0.3) is 0 Å². The fourth-order valence-corrected chi connectivity index (χ4v) is 7.76. The Morgan fingerprint density at radius 2 is 1.20 bits per heavy atom. The Balaban J connectivity index is 1.44. The summed E-state index contributed by atoms with van der Waals surface area (Å²) in [6, 6.07) is 40.9. The predicted molar refractivity (Wildman–Crippen MR) is 162 cm³/mol. The third kappa shape index (κ3) is 5.68. The lowest BCUT2D eigenvalue weighted by atomic mass is 9.84. The topological polar surface area (TPSA) is 72.5 Å². The van der Waals surface area contributed by atoms with Gasteiger partial charge in [-0.2, -0.15) is 0 Å². The average molecular weight is 568 g/mol. The highest BCUT2D eigenvalue weighted by atomic mass is 32.2. The Morgan fingerprint density at radius 1 is 0.700 bits per heavy atom. The molecule has 5 aromatic carbocycles. The van der Waals surface area contributed by atoms with Gasteiger partial charge in [-0.25, -0.2) is 13.1 Å². The van der Waals surface area contributed by atoms with Crippen molar-refractivity contribution in [2.24, 2.45) is 0 Å². The Hall–Kier alpha value is -3.91. The van der Waals surface area contributed by atoms with E-state index in [0.29, 0.717) is 22.3 Å². The monoisotopic (exact) mass is 567 g/mol. The minimum absolute atomic E-state index is 0.143. The summed E-state index contributed by atoms with van der Waals surface area (Å²) in [5.74, 6) is 0.382. The van der Waals surface area contributed by atoms with E-state index in [4.69, 9.17) is 4.74 Å². The van der Waals surface area contributed by atoms with Crippen molar-refractivity contribution in [2.75, 3.05) is 12.3 Å². The van der Waals surface area contributed by atoms with E-state index in [0.717, 1.165) is 16.7 Å². The van der Waals surface area contributed by atoms with Gasteiger partial charge in [0.1, 0.15) is 5.75 Å². The number of carbonyl (C=O) groups excluding carboxylic acids is 1. The summed E-state index contributed by atoms with van der Waals surface area (Å²) in [4.78, 5) is 11.7. The molecule has 5 rings (SSSR count). The van der Waals surface area contributed by atoms with E-state index in [9.17, 15) is 13.2 Å². The molecule has 0 aromatic heterocycles. The number of nitrogens with one attached hydrogen (secondary N) is 1. The van der Waals surface area contributed by atoms with Gasteiger partial charge in [-0.15, -0.1) is 11.8 Å². The van der Waals surface area contributed by atoms with E-state index in [1.807, 2.05) is 54.6 Å². The summed E-state index contributed by atoms with van der Waals surface area (Å²) in [5.41, 5.74) is 3.35. The molecule has 7 heteroatoms. The molecular weight excluding hydrogens is 539 g/mol. The molecule has 0 radical (unpaired) electrons. The second-order valence-electron chi connectivity index (χ2n) is 9.23. The zero-order valence-electron chi connectivity index (χ0n) is 22.0. The fraction of sp³-hybridized carbons (Fsp3) is 0.121. The first-order valence-electron chi connectivity index (χ1n) is 12.9. The van der Waals surface area contributed by atoms with Gasteiger partial charge in [0.15, 0.2) is 0 Å². The van der Waals surface area contributed by atoms with Crippen LogP contribution in [0.4, 0.5) is 0 Å². The van der Waals surface area contributed by atoms with E-state index in [1.165, 1.54) is 6.92 Å². The molecule has 0 unspecified atom stereocenters. The lowest BCUT2D eigenvalue weighted by Gasteiger charge is -2.35. The number of rotatable bonds is 10. The van der Waals surface area contributed by atoms with E-state index in [1.54, 1.807) is 48.2 Å². The van der Waals surface area contributed by atoms with Crippen LogP contribution in [0.5, 0.6) is 5.75 Å². The van der Waals surface area contributed by atoms with Crippen molar-refractivity contribution in [1.82, 2.24) is 4.72 Å². The smallest absolute Gasteiger partial charge is 0.308 e. The molecule has 0 bridgehead atoms. The summed E-state index contributed by atoms with van der Waals surface area (Å²) >= 11 is 1.69. The van der Waals surface area contributed by atoms with E-state index in [-0.39, 0.29) is 11.4 Å². The zero-order valence-corrected chi connectivity index (χ0v) is 23.6. The summed E-state index contributed by atoms with van der Waals surface area (Å²) in [5, 5.41) is 1.06. The Kier molecular flexibility index (Phi) is 8.35. The first-order valence-corrected chi connectivity index (χ1v) is 15.4. The molecule has 0 heterocycles. The van der Waals surface area contributed by atoms with Gasteiger partial charge in [-0.3, -0.25) is 4.79 Å². The van der Waals surface area contributed by atoms with Crippen LogP contribution in [-0.2, 0) is 19.6 Å². The van der Waals surface area contributed by atoms with Gasteiger partial charge in [0.2, 0.25) is 10.0 Å². The standard InChI is InChI=1S/C33H29NO4S2/c1-25(35)38-31-21-11-20-30-29(31)19-12-22-32(30)40(36,37)34-23-24-39-33(26-13-5-2-6-14-26,27-15-7-3-8-16-27)28-17-9-4-10-18-28/h2-22,34H,23-24H2,1H3. The normalized spacial score (nSPS) is 11.8. The summed E-state index contributed by atoms with van der Waals surface area (Å²) in [7, 11) is -3.85. The second kappa shape index (κ2) is 12.1. The van der Waals surface area contributed by atoms with Crippen molar-refractivity contribution in [2.45, 2.75) is 16.6 Å². The first kappa shape index (κ1) is 27.6. The number of esters is 1. The number of carbonyl (C=O) groups is 1. The van der Waals surface area contributed by atoms with E-state index in [2.05, 4.69) is 41.1 Å². The van der Waals surface area contributed by atoms with Crippen LogP contribution >= 0.6 is 11.8 Å². The minimum atomic E-state index is -3.85. The molecule has 5 aromatic rings. The number of hydrogen-bond donors (Lipinski definition) is 1. The van der Waals surface area contributed by atoms with Crippen molar-refractivity contribution in [3.8, 4) is 5.75 Å². The highest BCUT2D eigenvalue weighted by Gasteiger charge is 2.36. The molecule has 0 amide bonds. The number of sulfonamides is 1. The number of thioether (sulfide) groups is 1. The van der Waals surface area contributed by atoms with Gasteiger partial charge in [-0.1, -0.05) is 115 Å². The number of benzene rings is 5. The molecule has 0 atom stereocenters. The third-order valence-electron chi connectivity index (χ3n) is 6.64. The predicted octanol–water partition coefficient (Wildman–Crippen LogP) is 6.77. The van der Waals surface area contributed by atoms with Crippen LogP contribution in [0.3, 0.4) is 0 Å². The van der Waals surface area contributed by atoms with Crippen molar-refractivity contribution in [3.63, 3.8) is 0 Å². The van der Waals surface area contributed by atoms with Crippen molar-refractivity contribution >= 4 is 38.5 Å². The Morgan fingerprint density at radius 3 is 1.73 bits per heavy atom. The van der Waals surface area contributed by atoms with Gasteiger partial charge in [-0.05, 0) is 28.8 Å². The van der Waals surface area contributed by atoms with Gasteiger partial charge in [0, 0.05) is 30.0 Å². The highest BCUT2D eigenvalue weighted by molar-refractivity contribution is 8.00. The quantitative estimate of drug-likeness (QED) is 0.0873. The Bertz CT molecular complexity index is 1610. The SMILES string of the molecule is CC(=O)Oc1cccc2c(S(=O)(=O)NCCSC(c3ccccc3)(c3ccccc3)c3ccccc3)cccc12. The lowest BCUT2D eigenvalue weighted by Crippen LogP contribution is -2.30. The molecular formula is C33H29NO4S2. The Labute approximate surface area is 239 Å². The summed E-state index contributed by atoms with van der Waals surface area (Å²) in [6.07, 6.45) is 0. The molecule has 0 saturated carbocycles. The molecule has 5 nitrogen and oxygen atoms in total. The molecule has 1 N–H and O–H groups in total. The molecule has 0 fully saturated rings. The second-order valence-corrected chi connectivity index (χ2v) is 12.3. The van der Waals surface area contributed by atoms with E-state index >= 15 is 0 Å². The van der Waals surface area contributed by atoms with Crippen LogP contribution in [0.1, 0.15) is 23.6 Å². The summed E-state index contributed by atoms with van der Waals surface area (Å²) in [6.45, 7) is 1.54. The molecule has 0 spiro atoms. The van der Waals surface area contributed by atoms with Crippen molar-refractivity contribution < 1.29 is 17.9 Å². The van der Waals surface area contributed by atoms with E-state index < -0.39 is 20.7 Å². The average Bonchev–Trinajstić information content (AvgIpc) is 2.98. The maximum Gasteiger partial charge on any atom is 0.308 e. The number of hydrogen-bond acceptors (Lipinski definition) is 5. The third-order valence-corrected chi connectivity index (χ3v) is 9.71. The molecule has 202 valence electrons. The fourth-order valence-electron chi connectivity index (χ4n) is 4.96. The molecule has 0 saturated heterocycles. The number of ether oxygens (including phenoxy) is 1. The van der Waals surface area contributed by atoms with Crippen LogP contribution in [-0.4, -0.2) is 26.7 Å². The van der Waals surface area contributed by atoms with Crippen LogP contribution < -0.4 is 9.46 Å². The lowest BCUT2D eigenvalue weighted by molar-refractivity contribution is -0.131. The van der Waals surface area contributed by atoms with Crippen LogP contribution in [0.25, 0.3) is 10.8 Å². The van der Waals surface area contributed by atoms with Gasteiger partial charge >= 0.3 is 5.97 Å². The highest BCUT2D eigenvalue weighted by Crippen LogP contribution is 2.48. The van der Waals surface area contributed by atoms with Crippen LogP contribution in [0.2, 0.25) is 0 Å². The number of fused-ring (bicyclic) bond motifs is 1. The minimum Gasteiger partial charge on any atom is -0.426 e. The molecule has 0 aliphatic heterocycles. The van der Waals surface area contributed by atoms with Crippen molar-refractivity contribution in [3.05, 3.63) is 144 Å². The first-order chi connectivity index (χ1) is 19.4. The zero-order chi connectivity index (χ0) is 28.0. The van der Waals surface area contributed by atoms with Crippen LogP contribution in [0.15, 0.2) is 132 Å². The molecule has 40 heavy (non-hydrogen) atoms. The van der Waals surface area contributed by atoms with Crippen molar-refractivity contribution in [1.29, 1.82) is 0 Å². The van der Waals surface area contributed by atoms with Gasteiger partial charge < -0.3 is 4.74 Å². The van der Waals surface area contributed by atoms with Gasteiger partial charge in [0.05, 0.1) is 9.64 Å². The molecule has 0 aliphatic rings.